The van der Waals surface area contributed by atoms with Gasteiger partial charge in [0.1, 0.15) is 12.4 Å². The van der Waals surface area contributed by atoms with E-state index >= 15 is 0 Å². The molecule has 0 unspecified atom stereocenters. The number of benzene rings is 1. The number of carbonyl (C=O) groups is 2. The van der Waals surface area contributed by atoms with Crippen LogP contribution in [0.5, 0.6) is 0 Å². The van der Waals surface area contributed by atoms with Gasteiger partial charge in [0, 0.05) is 25.9 Å². The Balaban J connectivity index is 1.56. The maximum absolute atomic E-state index is 13.3. The van der Waals surface area contributed by atoms with Crippen LogP contribution < -0.4 is 0 Å². The van der Waals surface area contributed by atoms with Gasteiger partial charge >= 0.3 is 6.16 Å². The highest BCUT2D eigenvalue weighted by Gasteiger charge is 2.46. The zero-order chi connectivity index (χ0) is 18.1. The Kier molecular flexibility index (Phi) is 4.06. The van der Waals surface area contributed by atoms with Crippen molar-refractivity contribution in [3.63, 3.8) is 0 Å². The molecular formula is C17H19N5O4. The van der Waals surface area contributed by atoms with E-state index in [1.165, 1.54) is 0 Å². The van der Waals surface area contributed by atoms with Gasteiger partial charge in [-0.1, -0.05) is 30.3 Å². The van der Waals surface area contributed by atoms with Gasteiger partial charge in [-0.3, -0.25) is 4.79 Å². The van der Waals surface area contributed by atoms with Crippen molar-refractivity contribution in [3.05, 3.63) is 41.7 Å². The fourth-order valence-electron chi connectivity index (χ4n) is 3.48. The van der Waals surface area contributed by atoms with Crippen molar-refractivity contribution >= 4 is 12.1 Å². The second kappa shape index (κ2) is 6.40. The van der Waals surface area contributed by atoms with Crippen LogP contribution in [0.1, 0.15) is 30.3 Å². The van der Waals surface area contributed by atoms with Crippen LogP contribution in [0, 0.1) is 6.92 Å². The molecular weight excluding hydrogens is 338 g/mol. The van der Waals surface area contributed by atoms with E-state index in [1.807, 2.05) is 30.3 Å². The Morgan fingerprint density at radius 2 is 1.96 bits per heavy atom. The Bertz CT molecular complexity index is 814. The molecule has 0 saturated carbocycles. The Labute approximate surface area is 149 Å². The zero-order valence-electron chi connectivity index (χ0n) is 14.4. The zero-order valence-corrected chi connectivity index (χ0v) is 14.4. The molecule has 1 aromatic carbocycles. The minimum absolute atomic E-state index is 0.0771. The van der Waals surface area contributed by atoms with Gasteiger partial charge in [0.2, 0.25) is 0 Å². The van der Waals surface area contributed by atoms with Crippen molar-refractivity contribution in [2.45, 2.75) is 31.4 Å². The van der Waals surface area contributed by atoms with Gasteiger partial charge in [-0.05, 0) is 22.9 Å². The van der Waals surface area contributed by atoms with Crippen molar-refractivity contribution in [3.8, 4) is 0 Å². The summed E-state index contributed by atoms with van der Waals surface area (Å²) >= 11 is 0. The summed E-state index contributed by atoms with van der Waals surface area (Å²) in [5.74, 6) is 0.491. The minimum atomic E-state index is -0.628. The topological polar surface area (TPSA) is 99.4 Å². The van der Waals surface area contributed by atoms with E-state index in [1.54, 1.807) is 16.5 Å². The van der Waals surface area contributed by atoms with Crippen LogP contribution in [0.25, 0.3) is 0 Å². The first-order valence-electron chi connectivity index (χ1n) is 8.52. The van der Waals surface area contributed by atoms with Gasteiger partial charge in [0.05, 0.1) is 0 Å². The summed E-state index contributed by atoms with van der Waals surface area (Å²) in [4.78, 5) is 26.3. The monoisotopic (exact) mass is 357 g/mol. The number of rotatable bonds is 3. The highest BCUT2D eigenvalue weighted by molar-refractivity contribution is 5.83. The summed E-state index contributed by atoms with van der Waals surface area (Å²) in [6.07, 6.45) is 0.484. The predicted molar refractivity (Wildman–Crippen MR) is 88.1 cm³/mol. The molecule has 9 nitrogen and oxygen atoms in total. The molecule has 4 rings (SSSR count). The standard InChI is InChI=1S/C17H19N5O4/c1-12-18-19-20-22(12)14(13-5-3-2-4-6-13)15(23)21-9-7-17(8-10-21)11-25-16(24)26-17/h2-6,14H,7-11H2,1H3/t14-/m1/s1. The molecule has 9 heteroatoms. The second-order valence-electron chi connectivity index (χ2n) is 6.63. The summed E-state index contributed by atoms with van der Waals surface area (Å²) in [6, 6.07) is 8.83. The lowest BCUT2D eigenvalue weighted by Gasteiger charge is -2.37. The van der Waals surface area contributed by atoms with Crippen LogP contribution >= 0.6 is 0 Å². The molecule has 0 N–H and O–H groups in total. The van der Waals surface area contributed by atoms with Gasteiger partial charge in [-0.25, -0.2) is 9.48 Å². The van der Waals surface area contributed by atoms with Crippen molar-refractivity contribution in [1.82, 2.24) is 25.1 Å². The quantitative estimate of drug-likeness (QED) is 0.758. The fourth-order valence-corrected chi connectivity index (χ4v) is 3.48. The van der Waals surface area contributed by atoms with E-state index < -0.39 is 17.8 Å². The number of aromatic nitrogens is 4. The molecule has 2 aliphatic heterocycles. The van der Waals surface area contributed by atoms with Crippen LogP contribution in [0.4, 0.5) is 4.79 Å². The van der Waals surface area contributed by atoms with Crippen molar-refractivity contribution < 1.29 is 19.1 Å². The summed E-state index contributed by atoms with van der Waals surface area (Å²) in [5, 5.41) is 11.6. The number of amides is 1. The summed E-state index contributed by atoms with van der Waals surface area (Å²) in [7, 11) is 0. The lowest BCUT2D eigenvalue weighted by molar-refractivity contribution is -0.137. The van der Waals surface area contributed by atoms with Crippen LogP contribution in [-0.2, 0) is 14.3 Å². The van der Waals surface area contributed by atoms with Crippen LogP contribution in [0.15, 0.2) is 30.3 Å². The maximum atomic E-state index is 13.3. The van der Waals surface area contributed by atoms with Crippen LogP contribution in [0.3, 0.4) is 0 Å². The van der Waals surface area contributed by atoms with Crippen molar-refractivity contribution in [2.75, 3.05) is 19.7 Å². The third-order valence-electron chi connectivity index (χ3n) is 4.99. The predicted octanol–water partition coefficient (Wildman–Crippen LogP) is 1.10. The highest BCUT2D eigenvalue weighted by atomic mass is 16.8. The van der Waals surface area contributed by atoms with Crippen molar-refractivity contribution in [2.24, 2.45) is 0 Å². The second-order valence-corrected chi connectivity index (χ2v) is 6.63. The number of carbonyl (C=O) groups excluding carboxylic acids is 2. The number of aryl methyl sites for hydroxylation is 1. The Morgan fingerprint density at radius 1 is 1.23 bits per heavy atom. The van der Waals surface area contributed by atoms with Gasteiger partial charge in [-0.2, -0.15) is 0 Å². The number of likely N-dealkylation sites (tertiary alicyclic amines) is 1. The van der Waals surface area contributed by atoms with E-state index in [4.69, 9.17) is 9.47 Å². The average Bonchev–Trinajstić information content (AvgIpc) is 3.23. The molecule has 2 fully saturated rings. The number of hydrogen-bond donors (Lipinski definition) is 0. The number of nitrogens with zero attached hydrogens (tertiary/aromatic N) is 5. The molecule has 1 aromatic heterocycles. The van der Waals surface area contributed by atoms with E-state index in [2.05, 4.69) is 15.5 Å². The molecule has 1 spiro atoms. The first-order chi connectivity index (χ1) is 12.6. The van der Waals surface area contributed by atoms with Crippen LogP contribution in [-0.4, -0.2) is 62.5 Å². The summed E-state index contributed by atoms with van der Waals surface area (Å²) in [5.41, 5.74) is 0.227. The number of tetrazole rings is 1. The molecule has 2 aliphatic rings. The van der Waals surface area contributed by atoms with Crippen LogP contribution in [0.2, 0.25) is 0 Å². The maximum Gasteiger partial charge on any atom is 0.509 e. The largest absolute Gasteiger partial charge is 0.509 e. The van der Waals surface area contributed by atoms with E-state index in [-0.39, 0.29) is 12.5 Å². The average molecular weight is 357 g/mol. The molecule has 0 aliphatic carbocycles. The normalized spacial score (nSPS) is 19.9. The Morgan fingerprint density at radius 3 is 2.54 bits per heavy atom. The molecule has 2 aromatic rings. The van der Waals surface area contributed by atoms with Crippen molar-refractivity contribution in [1.29, 1.82) is 0 Å². The van der Waals surface area contributed by atoms with Gasteiger partial charge < -0.3 is 14.4 Å². The van der Waals surface area contributed by atoms with E-state index in [9.17, 15) is 9.59 Å². The molecule has 1 amide bonds. The van der Waals surface area contributed by atoms with E-state index in [0.717, 1.165) is 5.56 Å². The smallest absolute Gasteiger partial charge is 0.430 e. The molecule has 2 saturated heterocycles. The van der Waals surface area contributed by atoms with Gasteiger partial charge in [0.15, 0.2) is 11.6 Å². The molecule has 0 bridgehead atoms. The number of cyclic esters (lactones) is 1. The summed E-state index contributed by atoms with van der Waals surface area (Å²) < 4.78 is 11.8. The lowest BCUT2D eigenvalue weighted by Crippen LogP contribution is -2.50. The number of ether oxygens (including phenoxy) is 2. The first kappa shape index (κ1) is 16.5. The first-order valence-corrected chi connectivity index (χ1v) is 8.52. The SMILES string of the molecule is Cc1nnnn1[C@@H](C(=O)N1CCC2(CC1)COC(=O)O2)c1ccccc1. The third-order valence-corrected chi connectivity index (χ3v) is 4.99. The number of hydrogen-bond acceptors (Lipinski definition) is 7. The van der Waals surface area contributed by atoms with Gasteiger partial charge in [0.25, 0.3) is 5.91 Å². The number of piperidine rings is 1. The Hall–Kier alpha value is -2.97. The molecule has 136 valence electrons. The highest BCUT2D eigenvalue weighted by Crippen LogP contribution is 2.33. The molecule has 0 radical (unpaired) electrons. The lowest BCUT2D eigenvalue weighted by atomic mass is 9.91. The summed E-state index contributed by atoms with van der Waals surface area (Å²) in [6.45, 7) is 2.99. The van der Waals surface area contributed by atoms with Gasteiger partial charge in [-0.15, -0.1) is 5.10 Å². The molecule has 1 atom stereocenters. The molecule has 26 heavy (non-hydrogen) atoms. The minimum Gasteiger partial charge on any atom is -0.430 e. The third kappa shape index (κ3) is 2.89. The van der Waals surface area contributed by atoms with E-state index in [0.29, 0.717) is 31.8 Å². The fraction of sp³-hybridized carbons (Fsp3) is 0.471. The molecule has 3 heterocycles.